The summed E-state index contributed by atoms with van der Waals surface area (Å²) in [4.78, 5) is 4.18. The molecule has 2 aromatic carbocycles. The molecule has 0 saturated heterocycles. The summed E-state index contributed by atoms with van der Waals surface area (Å²) in [7, 11) is 1.72. The van der Waals surface area contributed by atoms with Gasteiger partial charge in [-0.2, -0.15) is 0 Å². The van der Waals surface area contributed by atoms with Gasteiger partial charge in [0.2, 0.25) is 0 Å². The summed E-state index contributed by atoms with van der Waals surface area (Å²) in [5, 5.41) is 6.44. The van der Waals surface area contributed by atoms with Gasteiger partial charge in [-0.05, 0) is 31.0 Å². The maximum Gasteiger partial charge on any atom is 0.191 e. The number of rotatable bonds is 7. The van der Waals surface area contributed by atoms with Crippen molar-refractivity contribution < 1.29 is 9.13 Å². The third-order valence-corrected chi connectivity index (χ3v) is 3.49. The van der Waals surface area contributed by atoms with Crippen LogP contribution in [0.1, 0.15) is 12.5 Å². The molecule has 0 spiro atoms. The summed E-state index contributed by atoms with van der Waals surface area (Å²) in [6, 6.07) is 16.7. The molecule has 0 aliphatic rings. The topological polar surface area (TPSA) is 45.7 Å². The van der Waals surface area contributed by atoms with Gasteiger partial charge < -0.3 is 15.4 Å². The smallest absolute Gasteiger partial charge is 0.191 e. The van der Waals surface area contributed by atoms with Crippen LogP contribution in [0.4, 0.5) is 4.39 Å². The highest BCUT2D eigenvalue weighted by molar-refractivity contribution is 5.79. The molecule has 0 aliphatic heterocycles. The van der Waals surface area contributed by atoms with E-state index in [4.69, 9.17) is 4.74 Å². The standard InChI is InChI=1S/C19H24FN3O/c1-15(24-18-11-7-6-10-17(18)20)14-23-19(21-2)22-13-12-16-8-4-3-5-9-16/h3-11,15H,12-14H2,1-2H3,(H2,21,22,23). The molecule has 0 radical (unpaired) electrons. The lowest BCUT2D eigenvalue weighted by atomic mass is 10.1. The van der Waals surface area contributed by atoms with Crippen molar-refractivity contribution >= 4 is 5.96 Å². The van der Waals surface area contributed by atoms with Crippen molar-refractivity contribution in [3.05, 3.63) is 66.0 Å². The molecule has 2 rings (SSSR count). The zero-order valence-electron chi connectivity index (χ0n) is 14.1. The highest BCUT2D eigenvalue weighted by Gasteiger charge is 2.08. The van der Waals surface area contributed by atoms with Crippen molar-refractivity contribution in [1.82, 2.24) is 10.6 Å². The van der Waals surface area contributed by atoms with E-state index >= 15 is 0 Å². The molecular formula is C19H24FN3O. The molecule has 1 atom stereocenters. The molecule has 0 aromatic heterocycles. The Bertz CT molecular complexity index is 646. The van der Waals surface area contributed by atoms with Gasteiger partial charge in [0.1, 0.15) is 6.10 Å². The van der Waals surface area contributed by atoms with Crippen LogP contribution in [-0.2, 0) is 6.42 Å². The molecule has 5 heteroatoms. The lowest BCUT2D eigenvalue weighted by molar-refractivity contribution is 0.214. The monoisotopic (exact) mass is 329 g/mol. The van der Waals surface area contributed by atoms with Crippen LogP contribution in [0.5, 0.6) is 5.75 Å². The Balaban J connectivity index is 1.72. The fourth-order valence-electron chi connectivity index (χ4n) is 2.23. The molecule has 24 heavy (non-hydrogen) atoms. The van der Waals surface area contributed by atoms with E-state index in [9.17, 15) is 4.39 Å². The van der Waals surface area contributed by atoms with Crippen LogP contribution >= 0.6 is 0 Å². The second-order valence-corrected chi connectivity index (χ2v) is 5.47. The van der Waals surface area contributed by atoms with Crippen LogP contribution in [0.3, 0.4) is 0 Å². The zero-order chi connectivity index (χ0) is 17.2. The number of ether oxygens (including phenoxy) is 1. The Morgan fingerprint density at radius 3 is 2.50 bits per heavy atom. The number of hydrogen-bond donors (Lipinski definition) is 2. The number of guanidine groups is 1. The molecule has 4 nitrogen and oxygen atoms in total. The minimum atomic E-state index is -0.352. The molecule has 128 valence electrons. The summed E-state index contributed by atoms with van der Waals surface area (Å²) in [5.74, 6) is 0.614. The second kappa shape index (κ2) is 9.55. The van der Waals surface area contributed by atoms with Gasteiger partial charge in [-0.15, -0.1) is 0 Å². The minimum absolute atomic E-state index is 0.186. The van der Waals surface area contributed by atoms with Gasteiger partial charge in [0.15, 0.2) is 17.5 Å². The summed E-state index contributed by atoms with van der Waals surface area (Å²) >= 11 is 0. The summed E-state index contributed by atoms with van der Waals surface area (Å²) < 4.78 is 19.2. The van der Waals surface area contributed by atoms with E-state index in [2.05, 4.69) is 27.8 Å². The van der Waals surface area contributed by atoms with E-state index in [0.29, 0.717) is 12.5 Å². The number of para-hydroxylation sites is 1. The van der Waals surface area contributed by atoms with Gasteiger partial charge in [0, 0.05) is 13.6 Å². The van der Waals surface area contributed by atoms with Crippen molar-refractivity contribution in [1.29, 1.82) is 0 Å². The lowest BCUT2D eigenvalue weighted by Crippen LogP contribution is -2.42. The van der Waals surface area contributed by atoms with Crippen LogP contribution in [0, 0.1) is 5.82 Å². The highest BCUT2D eigenvalue weighted by Crippen LogP contribution is 2.16. The van der Waals surface area contributed by atoms with Gasteiger partial charge >= 0.3 is 0 Å². The Morgan fingerprint density at radius 2 is 1.79 bits per heavy atom. The van der Waals surface area contributed by atoms with Gasteiger partial charge in [0.25, 0.3) is 0 Å². The molecule has 0 heterocycles. The average Bonchev–Trinajstić information content (AvgIpc) is 2.61. The number of halogens is 1. The molecule has 0 bridgehead atoms. The van der Waals surface area contributed by atoms with Crippen LogP contribution in [0.2, 0.25) is 0 Å². The van der Waals surface area contributed by atoms with Crippen molar-refractivity contribution in [2.24, 2.45) is 4.99 Å². The number of aliphatic imine (C=N–C) groups is 1. The quantitative estimate of drug-likeness (QED) is 0.606. The van der Waals surface area contributed by atoms with E-state index in [0.717, 1.165) is 13.0 Å². The van der Waals surface area contributed by atoms with Crippen LogP contribution in [-0.4, -0.2) is 32.2 Å². The Morgan fingerprint density at radius 1 is 1.08 bits per heavy atom. The fourth-order valence-corrected chi connectivity index (χ4v) is 2.23. The summed E-state index contributed by atoms with van der Waals surface area (Å²) in [5.41, 5.74) is 1.27. The van der Waals surface area contributed by atoms with Crippen molar-refractivity contribution in [2.45, 2.75) is 19.4 Å². The molecule has 0 amide bonds. The first kappa shape index (κ1) is 17.8. The van der Waals surface area contributed by atoms with Crippen LogP contribution in [0.25, 0.3) is 0 Å². The fraction of sp³-hybridized carbons (Fsp3) is 0.316. The Labute approximate surface area is 142 Å². The average molecular weight is 329 g/mol. The first-order chi connectivity index (χ1) is 11.7. The SMILES string of the molecule is CN=C(NCCc1ccccc1)NCC(C)Oc1ccccc1F. The molecule has 0 fully saturated rings. The summed E-state index contributed by atoms with van der Waals surface area (Å²) in [6.45, 7) is 3.20. The predicted molar refractivity (Wildman–Crippen MR) is 96.0 cm³/mol. The lowest BCUT2D eigenvalue weighted by Gasteiger charge is -2.18. The van der Waals surface area contributed by atoms with E-state index in [1.165, 1.54) is 11.6 Å². The van der Waals surface area contributed by atoms with E-state index < -0.39 is 0 Å². The number of benzene rings is 2. The molecule has 0 saturated carbocycles. The van der Waals surface area contributed by atoms with E-state index in [1.54, 1.807) is 25.2 Å². The van der Waals surface area contributed by atoms with Crippen LogP contribution in [0.15, 0.2) is 59.6 Å². The minimum Gasteiger partial charge on any atom is -0.486 e. The Hall–Kier alpha value is -2.56. The Kier molecular flexibility index (Phi) is 7.08. The maximum atomic E-state index is 13.6. The first-order valence-corrected chi connectivity index (χ1v) is 8.08. The van der Waals surface area contributed by atoms with Gasteiger partial charge in [0.05, 0.1) is 6.54 Å². The normalized spacial score (nSPS) is 12.5. The first-order valence-electron chi connectivity index (χ1n) is 8.08. The number of hydrogen-bond acceptors (Lipinski definition) is 2. The van der Waals surface area contributed by atoms with Crippen molar-refractivity contribution in [3.63, 3.8) is 0 Å². The largest absolute Gasteiger partial charge is 0.486 e. The van der Waals surface area contributed by atoms with Gasteiger partial charge in [-0.1, -0.05) is 42.5 Å². The number of nitrogens with zero attached hydrogens (tertiary/aromatic N) is 1. The molecule has 1 unspecified atom stereocenters. The van der Waals surface area contributed by atoms with E-state index in [-0.39, 0.29) is 17.7 Å². The second-order valence-electron chi connectivity index (χ2n) is 5.47. The van der Waals surface area contributed by atoms with Gasteiger partial charge in [-0.3, -0.25) is 4.99 Å². The number of nitrogens with one attached hydrogen (secondary N) is 2. The molecular weight excluding hydrogens is 305 g/mol. The van der Waals surface area contributed by atoms with Crippen molar-refractivity contribution in [2.75, 3.05) is 20.1 Å². The molecule has 2 N–H and O–H groups in total. The van der Waals surface area contributed by atoms with Gasteiger partial charge in [-0.25, -0.2) is 4.39 Å². The summed E-state index contributed by atoms with van der Waals surface area (Å²) in [6.07, 6.45) is 0.734. The maximum absolute atomic E-state index is 13.6. The third-order valence-electron chi connectivity index (χ3n) is 3.49. The third kappa shape index (κ3) is 5.91. The van der Waals surface area contributed by atoms with E-state index in [1.807, 2.05) is 25.1 Å². The molecule has 2 aromatic rings. The van der Waals surface area contributed by atoms with Crippen LogP contribution < -0.4 is 15.4 Å². The predicted octanol–water partition coefficient (Wildman–Crippen LogP) is 3.00. The molecule has 0 aliphatic carbocycles. The van der Waals surface area contributed by atoms with Crippen molar-refractivity contribution in [3.8, 4) is 5.75 Å². The zero-order valence-corrected chi connectivity index (χ0v) is 14.1. The highest BCUT2D eigenvalue weighted by atomic mass is 19.1.